The number of likely N-dealkylation sites (N-methyl/N-ethyl adjacent to an activating group) is 1. The lowest BCUT2D eigenvalue weighted by atomic mass is 9.59. The Bertz CT molecular complexity index is 407. The lowest BCUT2D eigenvalue weighted by Crippen LogP contribution is -2.68. The fraction of sp³-hybridized carbons (Fsp3) is 0.938. The molecule has 0 aromatic carbocycles. The van der Waals surface area contributed by atoms with Crippen molar-refractivity contribution in [1.29, 1.82) is 0 Å². The van der Waals surface area contributed by atoms with E-state index in [0.29, 0.717) is 12.5 Å². The van der Waals surface area contributed by atoms with Crippen molar-refractivity contribution >= 4 is 5.97 Å². The van der Waals surface area contributed by atoms with E-state index in [1.165, 1.54) is 6.42 Å². The van der Waals surface area contributed by atoms with E-state index in [4.69, 9.17) is 10.5 Å². The molecule has 2 aliphatic rings. The molecule has 4 heteroatoms. The van der Waals surface area contributed by atoms with Gasteiger partial charge in [0.05, 0.1) is 12.1 Å². The molecule has 0 aromatic heterocycles. The van der Waals surface area contributed by atoms with E-state index in [1.807, 2.05) is 6.92 Å². The van der Waals surface area contributed by atoms with Gasteiger partial charge in [0.25, 0.3) is 0 Å². The Kier molecular flexibility index (Phi) is 3.71. The smallest absolute Gasteiger partial charge is 0.324 e. The van der Waals surface area contributed by atoms with E-state index in [2.05, 4.69) is 39.8 Å². The molecule has 0 aliphatic heterocycles. The largest absolute Gasteiger partial charge is 0.465 e. The summed E-state index contributed by atoms with van der Waals surface area (Å²) < 4.78 is 5.22. The molecular weight excluding hydrogens is 252 g/mol. The van der Waals surface area contributed by atoms with Crippen LogP contribution in [-0.2, 0) is 9.53 Å². The lowest BCUT2D eigenvalue weighted by Gasteiger charge is -2.54. The third-order valence-electron chi connectivity index (χ3n) is 6.80. The van der Waals surface area contributed by atoms with Gasteiger partial charge in [-0.3, -0.25) is 4.79 Å². The summed E-state index contributed by atoms with van der Waals surface area (Å²) in [6.45, 7) is 9.22. The van der Waals surface area contributed by atoms with Crippen molar-refractivity contribution < 1.29 is 9.53 Å². The maximum Gasteiger partial charge on any atom is 0.324 e. The SMILES string of the molecule is CCOC(=O)[C@H](N)[C@@]1(N(C)C)C[C@H]2CC[C@@]1(C)C2(C)C. The van der Waals surface area contributed by atoms with Gasteiger partial charge in [0.1, 0.15) is 6.04 Å². The molecule has 0 spiro atoms. The molecule has 116 valence electrons. The summed E-state index contributed by atoms with van der Waals surface area (Å²) in [6, 6.07) is -0.577. The molecule has 0 radical (unpaired) electrons. The van der Waals surface area contributed by atoms with Crippen molar-refractivity contribution in [3.63, 3.8) is 0 Å². The van der Waals surface area contributed by atoms with Crippen LogP contribution < -0.4 is 5.73 Å². The Morgan fingerprint density at radius 1 is 1.40 bits per heavy atom. The molecule has 4 nitrogen and oxygen atoms in total. The van der Waals surface area contributed by atoms with Crippen LogP contribution in [-0.4, -0.2) is 43.2 Å². The summed E-state index contributed by atoms with van der Waals surface area (Å²) in [6.07, 6.45) is 3.37. The van der Waals surface area contributed by atoms with E-state index >= 15 is 0 Å². The number of carbonyl (C=O) groups is 1. The summed E-state index contributed by atoms with van der Waals surface area (Å²) in [5, 5.41) is 0. The lowest BCUT2D eigenvalue weighted by molar-refractivity contribution is -0.153. The molecule has 20 heavy (non-hydrogen) atoms. The number of carbonyl (C=O) groups excluding carboxylic acids is 1. The normalized spacial score (nSPS) is 40.1. The van der Waals surface area contributed by atoms with Crippen molar-refractivity contribution in [2.45, 2.75) is 58.5 Å². The quantitative estimate of drug-likeness (QED) is 0.802. The van der Waals surface area contributed by atoms with Gasteiger partial charge in [0.15, 0.2) is 0 Å². The Hall–Kier alpha value is -0.610. The predicted octanol–water partition coefficient (Wildman–Crippen LogP) is 2.02. The molecule has 2 N–H and O–H groups in total. The summed E-state index contributed by atoms with van der Waals surface area (Å²) in [5.74, 6) is 0.376. The minimum atomic E-state index is -0.577. The maximum atomic E-state index is 12.3. The topological polar surface area (TPSA) is 55.6 Å². The third kappa shape index (κ3) is 1.64. The highest BCUT2D eigenvalue weighted by Gasteiger charge is 2.72. The highest BCUT2D eigenvalue weighted by Crippen LogP contribution is 2.71. The molecule has 2 saturated carbocycles. The summed E-state index contributed by atoms with van der Waals surface area (Å²) in [7, 11) is 4.11. The Morgan fingerprint density at radius 2 is 2.00 bits per heavy atom. The van der Waals surface area contributed by atoms with Crippen LogP contribution in [0.25, 0.3) is 0 Å². The molecule has 0 saturated heterocycles. The average Bonchev–Trinajstić information content (AvgIpc) is 2.69. The molecule has 2 fully saturated rings. The van der Waals surface area contributed by atoms with Crippen molar-refractivity contribution in [1.82, 2.24) is 4.90 Å². The Balaban J connectivity index is 2.46. The molecule has 2 rings (SSSR count). The zero-order chi connectivity index (χ0) is 15.3. The average molecular weight is 282 g/mol. The van der Waals surface area contributed by atoms with Gasteiger partial charge in [0, 0.05) is 0 Å². The highest BCUT2D eigenvalue weighted by atomic mass is 16.5. The maximum absolute atomic E-state index is 12.3. The van der Waals surface area contributed by atoms with Gasteiger partial charge in [-0.1, -0.05) is 20.8 Å². The van der Waals surface area contributed by atoms with E-state index in [1.54, 1.807) is 0 Å². The first-order chi connectivity index (χ1) is 9.15. The number of nitrogens with zero attached hydrogens (tertiary/aromatic N) is 1. The van der Waals surface area contributed by atoms with E-state index in [9.17, 15) is 4.79 Å². The van der Waals surface area contributed by atoms with Crippen LogP contribution in [0.4, 0.5) is 0 Å². The van der Waals surface area contributed by atoms with Crippen LogP contribution in [0.2, 0.25) is 0 Å². The van der Waals surface area contributed by atoms with Crippen molar-refractivity contribution in [2.75, 3.05) is 20.7 Å². The summed E-state index contributed by atoms with van der Waals surface area (Å²) >= 11 is 0. The van der Waals surface area contributed by atoms with Gasteiger partial charge in [-0.2, -0.15) is 0 Å². The van der Waals surface area contributed by atoms with Gasteiger partial charge >= 0.3 is 5.97 Å². The summed E-state index contributed by atoms with van der Waals surface area (Å²) in [4.78, 5) is 14.5. The minimum Gasteiger partial charge on any atom is -0.465 e. The van der Waals surface area contributed by atoms with E-state index in [0.717, 1.165) is 12.8 Å². The second-order valence-electron chi connectivity index (χ2n) is 7.54. The van der Waals surface area contributed by atoms with Crippen LogP contribution in [0.1, 0.15) is 47.0 Å². The molecule has 0 heterocycles. The number of nitrogens with two attached hydrogens (primary N) is 1. The van der Waals surface area contributed by atoms with E-state index in [-0.39, 0.29) is 22.3 Å². The van der Waals surface area contributed by atoms with Crippen LogP contribution >= 0.6 is 0 Å². The fourth-order valence-corrected chi connectivity index (χ4v) is 5.18. The van der Waals surface area contributed by atoms with E-state index < -0.39 is 6.04 Å². The number of ether oxygens (including phenoxy) is 1. The zero-order valence-corrected chi connectivity index (χ0v) is 13.8. The summed E-state index contributed by atoms with van der Waals surface area (Å²) in [5.41, 5.74) is 6.37. The third-order valence-corrected chi connectivity index (χ3v) is 6.80. The van der Waals surface area contributed by atoms with Crippen LogP contribution in [0.5, 0.6) is 0 Å². The number of rotatable bonds is 4. The van der Waals surface area contributed by atoms with Crippen molar-refractivity contribution in [3.8, 4) is 0 Å². The van der Waals surface area contributed by atoms with Gasteiger partial charge in [-0.25, -0.2) is 0 Å². The Labute approximate surface area is 123 Å². The van der Waals surface area contributed by atoms with Crippen LogP contribution in [0, 0.1) is 16.7 Å². The molecular formula is C16H30N2O2. The fourth-order valence-electron chi connectivity index (χ4n) is 5.18. The molecule has 0 unspecified atom stereocenters. The first-order valence-corrected chi connectivity index (χ1v) is 7.75. The highest BCUT2D eigenvalue weighted by molar-refractivity contribution is 5.78. The molecule has 0 amide bonds. The molecule has 4 atom stereocenters. The Morgan fingerprint density at radius 3 is 2.35 bits per heavy atom. The minimum absolute atomic E-state index is 0.0420. The number of hydrogen-bond donors (Lipinski definition) is 1. The molecule has 2 bridgehead atoms. The zero-order valence-electron chi connectivity index (χ0n) is 13.8. The number of hydrogen-bond acceptors (Lipinski definition) is 4. The van der Waals surface area contributed by atoms with Gasteiger partial charge in [-0.15, -0.1) is 0 Å². The van der Waals surface area contributed by atoms with Gasteiger partial charge < -0.3 is 15.4 Å². The second kappa shape index (κ2) is 4.70. The van der Waals surface area contributed by atoms with Crippen molar-refractivity contribution in [3.05, 3.63) is 0 Å². The number of fused-ring (bicyclic) bond motifs is 2. The monoisotopic (exact) mass is 282 g/mol. The first-order valence-electron chi connectivity index (χ1n) is 7.75. The first kappa shape index (κ1) is 15.8. The molecule has 2 aliphatic carbocycles. The molecule has 0 aromatic rings. The standard InChI is InChI=1S/C16H30N2O2/c1-7-20-13(19)12(17)16(18(5)6)10-11-8-9-15(16,4)14(11,2)3/h11-12H,7-10,17H2,1-6H3/t11-,12+,15+,16+/m1/s1. The number of esters is 1. The van der Waals surface area contributed by atoms with Gasteiger partial charge in [0.2, 0.25) is 0 Å². The van der Waals surface area contributed by atoms with Crippen molar-refractivity contribution in [2.24, 2.45) is 22.5 Å². The van der Waals surface area contributed by atoms with Crippen LogP contribution in [0.3, 0.4) is 0 Å². The van der Waals surface area contributed by atoms with Crippen LogP contribution in [0.15, 0.2) is 0 Å². The van der Waals surface area contributed by atoms with Gasteiger partial charge in [-0.05, 0) is 57.0 Å². The second-order valence-corrected chi connectivity index (χ2v) is 7.54. The predicted molar refractivity (Wildman–Crippen MR) is 80.3 cm³/mol.